The van der Waals surface area contributed by atoms with Crippen molar-refractivity contribution in [3.8, 4) is 0 Å². The number of hydrogen-bond donors (Lipinski definition) is 2. The first-order valence-corrected chi connectivity index (χ1v) is 9.23. The van der Waals surface area contributed by atoms with Crippen molar-refractivity contribution in [2.45, 2.75) is 44.2 Å². The van der Waals surface area contributed by atoms with Crippen LogP contribution in [0.25, 0.3) is 0 Å². The second-order valence-electron chi connectivity index (χ2n) is 4.88. The van der Waals surface area contributed by atoms with E-state index in [2.05, 4.69) is 10.0 Å². The molecule has 1 aliphatic rings. The molecule has 2 N–H and O–H groups in total. The predicted molar refractivity (Wildman–Crippen MR) is 80.6 cm³/mol. The maximum absolute atomic E-state index is 12.2. The fraction of sp³-hybridized carbons (Fsp3) is 0.692. The molecule has 1 aromatic heterocycles. The minimum Gasteiger partial charge on any atom is -0.380 e. The molecule has 0 radical (unpaired) electrons. The molecule has 0 atom stereocenters. The summed E-state index contributed by atoms with van der Waals surface area (Å²) in [6.07, 6.45) is 2.46. The molecule has 5 nitrogen and oxygen atoms in total. The van der Waals surface area contributed by atoms with E-state index in [0.717, 1.165) is 16.3 Å². The molecule has 0 unspecified atom stereocenters. The first-order chi connectivity index (χ1) is 9.53. The smallest absolute Gasteiger partial charge is 0.241 e. The van der Waals surface area contributed by atoms with Crippen molar-refractivity contribution < 1.29 is 13.2 Å². The maximum atomic E-state index is 12.2. The van der Waals surface area contributed by atoms with Crippen LogP contribution in [-0.2, 0) is 21.3 Å². The zero-order chi connectivity index (χ0) is 14.6. The van der Waals surface area contributed by atoms with Crippen LogP contribution in [0.2, 0.25) is 0 Å². The Morgan fingerprint density at radius 2 is 2.20 bits per heavy atom. The third-order valence-electron chi connectivity index (χ3n) is 3.10. The Morgan fingerprint density at radius 1 is 1.45 bits per heavy atom. The molecule has 0 aromatic carbocycles. The van der Waals surface area contributed by atoms with Crippen molar-refractivity contribution in [3.63, 3.8) is 0 Å². The van der Waals surface area contributed by atoms with E-state index in [4.69, 9.17) is 4.74 Å². The second-order valence-corrected chi connectivity index (χ2v) is 7.96. The SMILES string of the molecule is CCOCCNS(=O)(=O)c1cc(CNC2CC2)sc1C. The Morgan fingerprint density at radius 3 is 2.85 bits per heavy atom. The van der Waals surface area contributed by atoms with E-state index in [0.29, 0.717) is 30.7 Å². The molecule has 0 bridgehead atoms. The highest BCUT2D eigenvalue weighted by Gasteiger charge is 2.22. The van der Waals surface area contributed by atoms with E-state index in [1.165, 1.54) is 12.8 Å². The van der Waals surface area contributed by atoms with Gasteiger partial charge in [-0.1, -0.05) is 0 Å². The maximum Gasteiger partial charge on any atom is 0.241 e. The van der Waals surface area contributed by atoms with E-state index >= 15 is 0 Å². The van der Waals surface area contributed by atoms with Crippen LogP contribution in [0.3, 0.4) is 0 Å². The monoisotopic (exact) mass is 318 g/mol. The second kappa shape index (κ2) is 7.00. The zero-order valence-electron chi connectivity index (χ0n) is 11.9. The molecule has 0 amide bonds. The molecule has 0 saturated heterocycles. The summed E-state index contributed by atoms with van der Waals surface area (Å²) in [6.45, 7) is 5.79. The van der Waals surface area contributed by atoms with E-state index in [-0.39, 0.29) is 0 Å². The first-order valence-electron chi connectivity index (χ1n) is 6.93. The average molecular weight is 318 g/mol. The molecule has 7 heteroatoms. The predicted octanol–water partition coefficient (Wildman–Crippen LogP) is 1.62. The van der Waals surface area contributed by atoms with E-state index in [1.807, 2.05) is 13.8 Å². The first kappa shape index (κ1) is 15.9. The third kappa shape index (κ3) is 4.53. The van der Waals surface area contributed by atoms with Gasteiger partial charge in [-0.15, -0.1) is 11.3 Å². The van der Waals surface area contributed by atoms with Gasteiger partial charge in [0, 0.05) is 35.5 Å². The fourth-order valence-corrected chi connectivity index (χ4v) is 4.48. The van der Waals surface area contributed by atoms with Crippen molar-refractivity contribution in [2.75, 3.05) is 19.8 Å². The highest BCUT2D eigenvalue weighted by Crippen LogP contribution is 2.27. The van der Waals surface area contributed by atoms with Crippen LogP contribution in [0.4, 0.5) is 0 Å². The Bertz CT molecular complexity index is 536. The Balaban J connectivity index is 1.94. The fourth-order valence-electron chi connectivity index (χ4n) is 1.88. The van der Waals surface area contributed by atoms with Crippen molar-refractivity contribution >= 4 is 21.4 Å². The van der Waals surface area contributed by atoms with Crippen LogP contribution < -0.4 is 10.0 Å². The number of nitrogens with one attached hydrogen (secondary N) is 2. The van der Waals surface area contributed by atoms with E-state index in [9.17, 15) is 8.42 Å². The Hall–Kier alpha value is -0.470. The molecule has 1 aromatic rings. The molecule has 1 aliphatic carbocycles. The summed E-state index contributed by atoms with van der Waals surface area (Å²) in [5.74, 6) is 0. The standard InChI is InChI=1S/C13H22N2O3S2/c1-3-18-7-6-15-20(16,17)13-8-12(19-10(13)2)9-14-11-4-5-11/h8,11,14-15H,3-7,9H2,1-2H3. The quantitative estimate of drug-likeness (QED) is 0.679. The van der Waals surface area contributed by atoms with Crippen molar-refractivity contribution in [3.05, 3.63) is 15.8 Å². The van der Waals surface area contributed by atoms with Gasteiger partial charge in [0.15, 0.2) is 0 Å². The molecule has 0 aliphatic heterocycles. The van der Waals surface area contributed by atoms with Gasteiger partial charge in [-0.05, 0) is 32.8 Å². The summed E-state index contributed by atoms with van der Waals surface area (Å²) in [6, 6.07) is 2.40. The number of hydrogen-bond acceptors (Lipinski definition) is 5. The van der Waals surface area contributed by atoms with Gasteiger partial charge in [-0.2, -0.15) is 0 Å². The topological polar surface area (TPSA) is 67.4 Å². The Kier molecular flexibility index (Phi) is 5.57. The molecule has 1 heterocycles. The molecular formula is C13H22N2O3S2. The van der Waals surface area contributed by atoms with Gasteiger partial charge >= 0.3 is 0 Å². The van der Waals surface area contributed by atoms with Gasteiger partial charge in [0.1, 0.15) is 0 Å². The van der Waals surface area contributed by atoms with Crippen LogP contribution in [0, 0.1) is 6.92 Å². The molecule has 0 spiro atoms. The molecule has 1 fully saturated rings. The van der Waals surface area contributed by atoms with Crippen molar-refractivity contribution in [1.82, 2.24) is 10.0 Å². The van der Waals surface area contributed by atoms with Gasteiger partial charge < -0.3 is 10.1 Å². The lowest BCUT2D eigenvalue weighted by Crippen LogP contribution is -2.27. The minimum atomic E-state index is -3.42. The Labute approximate surface area is 124 Å². The van der Waals surface area contributed by atoms with Crippen LogP contribution >= 0.6 is 11.3 Å². The van der Waals surface area contributed by atoms with Crippen molar-refractivity contribution in [2.24, 2.45) is 0 Å². The molecule has 20 heavy (non-hydrogen) atoms. The number of ether oxygens (including phenoxy) is 1. The van der Waals surface area contributed by atoms with Crippen molar-refractivity contribution in [1.29, 1.82) is 0 Å². The molecule has 2 rings (SSSR count). The lowest BCUT2D eigenvalue weighted by molar-refractivity contribution is 0.153. The average Bonchev–Trinajstić information content (AvgIpc) is 3.15. The van der Waals surface area contributed by atoms with E-state index in [1.54, 1.807) is 17.4 Å². The number of aryl methyl sites for hydroxylation is 1. The van der Waals surface area contributed by atoms with Crippen LogP contribution in [0.5, 0.6) is 0 Å². The zero-order valence-corrected chi connectivity index (χ0v) is 13.6. The molecule has 114 valence electrons. The normalized spacial score (nSPS) is 15.7. The highest BCUT2D eigenvalue weighted by molar-refractivity contribution is 7.89. The minimum absolute atomic E-state index is 0.307. The van der Waals surface area contributed by atoms with Gasteiger partial charge in [0.2, 0.25) is 10.0 Å². The van der Waals surface area contributed by atoms with Gasteiger partial charge in [-0.25, -0.2) is 13.1 Å². The molecular weight excluding hydrogens is 296 g/mol. The molecule has 1 saturated carbocycles. The van der Waals surface area contributed by atoms with Crippen LogP contribution in [-0.4, -0.2) is 34.2 Å². The summed E-state index contributed by atoms with van der Waals surface area (Å²) in [5, 5.41) is 3.40. The van der Waals surface area contributed by atoms with Crippen LogP contribution in [0.1, 0.15) is 29.5 Å². The number of thiophene rings is 1. The van der Waals surface area contributed by atoms with Gasteiger partial charge in [-0.3, -0.25) is 0 Å². The highest BCUT2D eigenvalue weighted by atomic mass is 32.2. The summed E-state index contributed by atoms with van der Waals surface area (Å²) >= 11 is 1.54. The number of sulfonamides is 1. The summed E-state index contributed by atoms with van der Waals surface area (Å²) < 4.78 is 32.1. The third-order valence-corrected chi connectivity index (χ3v) is 5.86. The summed E-state index contributed by atoms with van der Waals surface area (Å²) in [5.41, 5.74) is 0. The number of rotatable bonds is 9. The van der Waals surface area contributed by atoms with Crippen LogP contribution in [0.15, 0.2) is 11.0 Å². The summed E-state index contributed by atoms with van der Waals surface area (Å²) in [7, 11) is -3.42. The largest absolute Gasteiger partial charge is 0.380 e. The lowest BCUT2D eigenvalue weighted by atomic mass is 10.4. The summed E-state index contributed by atoms with van der Waals surface area (Å²) in [4.78, 5) is 2.30. The van der Waals surface area contributed by atoms with E-state index < -0.39 is 10.0 Å². The van der Waals surface area contributed by atoms with Gasteiger partial charge in [0.05, 0.1) is 11.5 Å². The lowest BCUT2D eigenvalue weighted by Gasteiger charge is -2.06. The van der Waals surface area contributed by atoms with Gasteiger partial charge in [0.25, 0.3) is 0 Å².